The molecule has 0 heterocycles. The third kappa shape index (κ3) is 13.7. The van der Waals surface area contributed by atoms with E-state index in [1.807, 2.05) is 27.7 Å². The van der Waals surface area contributed by atoms with Gasteiger partial charge in [-0.1, -0.05) is 12.1 Å². The van der Waals surface area contributed by atoms with Crippen LogP contribution in [0.5, 0.6) is 0 Å². The minimum atomic E-state index is -4.72. The summed E-state index contributed by atoms with van der Waals surface area (Å²) in [6, 6.07) is 1.72. The number of rotatable bonds is 4. The van der Waals surface area contributed by atoms with Crippen molar-refractivity contribution in [2.45, 2.75) is 40.0 Å². The maximum Gasteiger partial charge on any atom is 1.00 e. The molecule has 1 aromatic rings. The van der Waals surface area contributed by atoms with E-state index in [0.29, 0.717) is 0 Å². The zero-order valence-corrected chi connectivity index (χ0v) is 14.1. The maximum atomic E-state index is 12.2. The average Bonchev–Trinajstić information content (AvgIpc) is 2.48. The van der Waals surface area contributed by atoms with Gasteiger partial charge in [-0.2, -0.15) is 26.3 Å². The summed E-state index contributed by atoms with van der Waals surface area (Å²) in [5, 5.41) is 0. The van der Waals surface area contributed by atoms with Crippen LogP contribution in [0.3, 0.4) is 0 Å². The van der Waals surface area contributed by atoms with Crippen LogP contribution in [0.4, 0.5) is 26.3 Å². The highest BCUT2D eigenvalue weighted by Gasteiger charge is 2.35. The predicted molar refractivity (Wildman–Crippen MR) is 91.5 cm³/mol. The normalized spacial score (nSPS) is 11.2. The molecular weight excluding hydrogens is 349 g/mol. The Morgan fingerprint density at radius 3 is 1.16 bits per heavy atom. The van der Waals surface area contributed by atoms with Crippen LogP contribution < -0.4 is 5.46 Å². The molecule has 2 nitrogen and oxygen atoms in total. The van der Waals surface area contributed by atoms with Crippen LogP contribution in [0.1, 0.15) is 40.2 Å². The van der Waals surface area contributed by atoms with Gasteiger partial charge in [0.1, 0.15) is 0 Å². The van der Waals surface area contributed by atoms with Crippen molar-refractivity contribution in [3.8, 4) is 0 Å². The molecule has 0 atom stereocenters. The Bertz CT molecular complexity index is 425. The van der Waals surface area contributed by atoms with Crippen LogP contribution >= 0.6 is 0 Å². The van der Waals surface area contributed by atoms with E-state index in [0.717, 1.165) is 38.6 Å². The Balaban J connectivity index is -0.000000401. The lowest BCUT2D eigenvalue weighted by molar-refractivity contribution is -0.142. The van der Waals surface area contributed by atoms with E-state index in [9.17, 15) is 26.3 Å². The van der Waals surface area contributed by atoms with Gasteiger partial charge in [0.25, 0.3) is 0 Å². The third-order valence-corrected chi connectivity index (χ3v) is 2.26. The summed E-state index contributed by atoms with van der Waals surface area (Å²) < 4.78 is 82.8. The quantitative estimate of drug-likeness (QED) is 0.586. The van der Waals surface area contributed by atoms with Crippen LogP contribution in [0.15, 0.2) is 18.2 Å². The molecule has 0 N–H and O–H groups in total. The lowest BCUT2D eigenvalue weighted by Gasteiger charge is -2.14. The molecule has 0 fully saturated rings. The fraction of sp³-hybridized carbons (Fsp3) is 0.625. The van der Waals surface area contributed by atoms with Gasteiger partial charge in [0.15, 0.2) is 0 Å². The Morgan fingerprint density at radius 1 is 0.720 bits per heavy atom. The molecule has 25 heavy (non-hydrogen) atoms. The van der Waals surface area contributed by atoms with Crippen molar-refractivity contribution in [3.63, 3.8) is 0 Å². The van der Waals surface area contributed by atoms with Gasteiger partial charge >= 0.3 is 13.8 Å². The lowest BCUT2D eigenvalue weighted by atomic mass is 9.91. The molecule has 0 aliphatic heterocycles. The molecule has 0 amide bonds. The monoisotopic (exact) mass is 376 g/mol. The first-order valence-corrected chi connectivity index (χ1v) is 7.35. The number of benzene rings is 1. The van der Waals surface area contributed by atoms with Gasteiger partial charge < -0.3 is 9.47 Å². The van der Waals surface area contributed by atoms with Gasteiger partial charge in [-0.15, -0.1) is 0 Å². The van der Waals surface area contributed by atoms with E-state index in [4.69, 9.17) is 9.47 Å². The topological polar surface area (TPSA) is 18.5 Å². The van der Waals surface area contributed by atoms with Gasteiger partial charge in [-0.3, -0.25) is 0 Å². The largest absolute Gasteiger partial charge is 1.00 e. The van der Waals surface area contributed by atoms with E-state index < -0.39 is 31.3 Å². The molecule has 0 unspecified atom stereocenters. The van der Waals surface area contributed by atoms with E-state index in [1.165, 1.54) is 0 Å². The standard InChI is InChI=1S/C8H6BF6.2C4H10O/c9-6-2-4(7(10,11)12)1-5(3-6)8(13,14)15;2*1-3-5-4-2/h1-3H,9H3;2*3-4H2,1-2H3/q-1;;/p+1. The molecule has 9 heteroatoms. The van der Waals surface area contributed by atoms with Gasteiger partial charge in [-0.05, 0) is 41.6 Å². The number of alkyl halides is 6. The molecule has 1 rings (SSSR count). The highest BCUT2D eigenvalue weighted by molar-refractivity contribution is 6.32. The predicted octanol–water partition coefficient (Wildman–Crippen LogP) is 3.91. The Hall–Kier alpha value is -1.22. The summed E-state index contributed by atoms with van der Waals surface area (Å²) in [4.78, 5) is 0. The Labute approximate surface area is 147 Å². The molecule has 0 spiro atoms. The first-order chi connectivity index (χ1) is 11.4. The van der Waals surface area contributed by atoms with E-state index in [2.05, 4.69) is 0 Å². The second kappa shape index (κ2) is 13.1. The molecule has 0 saturated heterocycles. The lowest BCUT2D eigenvalue weighted by Crippen LogP contribution is -2.16. The van der Waals surface area contributed by atoms with Gasteiger partial charge in [0.05, 0.1) is 11.1 Å². The molecular formula is C16H27BF6O2. The summed E-state index contributed by atoms with van der Waals surface area (Å²) in [5.74, 6) is 0. The second-order valence-electron chi connectivity index (χ2n) is 4.07. The average molecular weight is 376 g/mol. The SMILES string of the molecule is CCOCC.CCOCC.[BH3-]c1cc(C(F)(F)F)cc(C(F)(F)F)c1.[H+]. The summed E-state index contributed by atoms with van der Waals surface area (Å²) in [6.07, 6.45) is -9.44. The molecule has 148 valence electrons. The van der Waals surface area contributed by atoms with Gasteiger partial charge in [0.2, 0.25) is 0 Å². The third-order valence-electron chi connectivity index (χ3n) is 2.26. The molecule has 0 radical (unpaired) electrons. The van der Waals surface area contributed by atoms with Crippen molar-refractivity contribution in [2.24, 2.45) is 0 Å². The zero-order chi connectivity index (χ0) is 20.1. The fourth-order valence-corrected chi connectivity index (χ4v) is 1.21. The number of ether oxygens (including phenoxy) is 2. The van der Waals surface area contributed by atoms with Crippen molar-refractivity contribution in [1.82, 2.24) is 0 Å². The van der Waals surface area contributed by atoms with Gasteiger partial charge in [-0.25, -0.2) is 5.46 Å². The number of hydrogen-bond donors (Lipinski definition) is 0. The van der Waals surface area contributed by atoms with Crippen LogP contribution in [-0.2, 0) is 21.8 Å². The molecule has 1 aromatic carbocycles. The Morgan fingerprint density at radius 2 is 1.00 bits per heavy atom. The minimum absolute atomic E-state index is 0. The summed E-state index contributed by atoms with van der Waals surface area (Å²) in [5.41, 5.74) is -2.26. The first kappa shape index (κ1) is 26.0. The first-order valence-electron chi connectivity index (χ1n) is 7.35. The fourth-order valence-electron chi connectivity index (χ4n) is 1.21. The number of hydrogen-bond acceptors (Lipinski definition) is 2. The van der Waals surface area contributed by atoms with Crippen LogP contribution in [0.25, 0.3) is 0 Å². The summed E-state index contributed by atoms with van der Waals surface area (Å²) >= 11 is 0. The van der Waals surface area contributed by atoms with Crippen LogP contribution in [0.2, 0.25) is 0 Å². The smallest absolute Gasteiger partial charge is 0.382 e. The van der Waals surface area contributed by atoms with E-state index >= 15 is 0 Å². The minimum Gasteiger partial charge on any atom is -0.382 e. The van der Waals surface area contributed by atoms with Crippen molar-refractivity contribution >= 4 is 13.3 Å². The molecule has 0 aliphatic rings. The number of halogens is 6. The molecule has 0 bridgehead atoms. The van der Waals surface area contributed by atoms with E-state index in [1.54, 1.807) is 0 Å². The second-order valence-corrected chi connectivity index (χ2v) is 4.07. The highest BCUT2D eigenvalue weighted by atomic mass is 19.4. The van der Waals surface area contributed by atoms with Crippen molar-refractivity contribution < 1.29 is 37.2 Å². The molecule has 0 saturated carbocycles. The van der Waals surface area contributed by atoms with Crippen LogP contribution in [0, 0.1) is 0 Å². The van der Waals surface area contributed by atoms with Gasteiger partial charge in [0, 0.05) is 26.4 Å². The summed E-state index contributed by atoms with van der Waals surface area (Å²) in [7, 11) is -0.699. The molecule has 0 aliphatic carbocycles. The maximum absolute atomic E-state index is 12.2. The molecule has 0 aromatic heterocycles. The van der Waals surface area contributed by atoms with Crippen LogP contribution in [-0.4, -0.2) is 34.3 Å². The highest BCUT2D eigenvalue weighted by Crippen LogP contribution is 2.34. The zero-order valence-electron chi connectivity index (χ0n) is 15.1. The summed E-state index contributed by atoms with van der Waals surface area (Å²) in [6.45, 7) is 11.3. The van der Waals surface area contributed by atoms with E-state index in [-0.39, 0.29) is 13.0 Å². The van der Waals surface area contributed by atoms with Crippen molar-refractivity contribution in [2.75, 3.05) is 26.4 Å². The van der Waals surface area contributed by atoms with Crippen molar-refractivity contribution in [1.29, 1.82) is 0 Å². The Kier molecular flexibility index (Phi) is 13.6. The van der Waals surface area contributed by atoms with Crippen molar-refractivity contribution in [3.05, 3.63) is 29.3 Å².